The maximum atomic E-state index is 12.4. The van der Waals surface area contributed by atoms with Gasteiger partial charge in [0, 0.05) is 18.3 Å². The van der Waals surface area contributed by atoms with E-state index in [1.54, 1.807) is 12.3 Å². The average molecular weight is 254 g/mol. The Bertz CT molecular complexity index is 537. The molecule has 2 rings (SSSR count). The Hall–Kier alpha value is -2.16. The molecule has 0 atom stereocenters. The summed E-state index contributed by atoms with van der Waals surface area (Å²) in [5.74, 6) is 0.678. The number of benzene rings is 1. The van der Waals surface area contributed by atoms with Gasteiger partial charge in [0.05, 0.1) is 5.56 Å². The second kappa shape index (κ2) is 6.69. The molecule has 3 heteroatoms. The molecule has 0 bridgehead atoms. The van der Waals surface area contributed by atoms with E-state index in [-0.39, 0.29) is 5.78 Å². The lowest BCUT2D eigenvalue weighted by molar-refractivity contribution is 0.103. The van der Waals surface area contributed by atoms with Gasteiger partial charge >= 0.3 is 0 Å². The van der Waals surface area contributed by atoms with E-state index in [0.717, 1.165) is 19.4 Å². The molecular weight excluding hydrogens is 236 g/mol. The van der Waals surface area contributed by atoms with E-state index in [9.17, 15) is 4.79 Å². The van der Waals surface area contributed by atoms with E-state index in [0.29, 0.717) is 16.9 Å². The first-order valence-electron chi connectivity index (χ1n) is 6.61. The highest BCUT2D eigenvalue weighted by Crippen LogP contribution is 2.16. The first-order chi connectivity index (χ1) is 9.33. The monoisotopic (exact) mass is 254 g/mol. The fourth-order valence-electron chi connectivity index (χ4n) is 1.86. The zero-order valence-electron chi connectivity index (χ0n) is 11.1. The zero-order chi connectivity index (χ0) is 13.5. The highest BCUT2D eigenvalue weighted by atomic mass is 16.1. The van der Waals surface area contributed by atoms with Crippen LogP contribution in [0.1, 0.15) is 35.7 Å². The summed E-state index contributed by atoms with van der Waals surface area (Å²) in [6.45, 7) is 2.97. The van der Waals surface area contributed by atoms with Gasteiger partial charge < -0.3 is 5.32 Å². The van der Waals surface area contributed by atoms with Gasteiger partial charge in [-0.2, -0.15) is 0 Å². The van der Waals surface area contributed by atoms with E-state index in [4.69, 9.17) is 0 Å². The molecule has 0 aliphatic rings. The number of nitrogens with one attached hydrogen (secondary N) is 1. The third kappa shape index (κ3) is 3.41. The van der Waals surface area contributed by atoms with E-state index in [1.165, 1.54) is 0 Å². The number of nitrogens with zero attached hydrogens (tertiary/aromatic N) is 1. The molecule has 1 aromatic heterocycles. The largest absolute Gasteiger partial charge is 0.369 e. The Kier molecular flexibility index (Phi) is 4.67. The SMILES string of the molecule is CCCCNc1ncccc1C(=O)c1ccccc1. The number of aromatic nitrogens is 1. The van der Waals surface area contributed by atoms with Gasteiger partial charge in [0.2, 0.25) is 0 Å². The molecule has 1 aromatic carbocycles. The van der Waals surface area contributed by atoms with Crippen molar-refractivity contribution in [2.24, 2.45) is 0 Å². The van der Waals surface area contributed by atoms with Crippen LogP contribution in [0.2, 0.25) is 0 Å². The molecule has 0 amide bonds. The Morgan fingerprint density at radius 1 is 1.16 bits per heavy atom. The topological polar surface area (TPSA) is 42.0 Å². The third-order valence-corrected chi connectivity index (χ3v) is 2.91. The lowest BCUT2D eigenvalue weighted by Gasteiger charge is -2.09. The van der Waals surface area contributed by atoms with Crippen LogP contribution in [-0.2, 0) is 0 Å². The minimum atomic E-state index is 0.00713. The number of hydrogen-bond donors (Lipinski definition) is 1. The maximum absolute atomic E-state index is 12.4. The zero-order valence-corrected chi connectivity index (χ0v) is 11.1. The van der Waals surface area contributed by atoms with Gasteiger partial charge in [-0.1, -0.05) is 43.7 Å². The van der Waals surface area contributed by atoms with Crippen LogP contribution >= 0.6 is 0 Å². The van der Waals surface area contributed by atoms with Gasteiger partial charge in [-0.25, -0.2) is 4.98 Å². The standard InChI is InChI=1S/C16H18N2O/c1-2-3-11-17-16-14(10-7-12-18-16)15(19)13-8-5-4-6-9-13/h4-10,12H,2-3,11H2,1H3,(H,17,18). The highest BCUT2D eigenvalue weighted by molar-refractivity contribution is 6.11. The molecule has 0 unspecified atom stereocenters. The summed E-state index contributed by atoms with van der Waals surface area (Å²) < 4.78 is 0. The molecular formula is C16H18N2O. The van der Waals surface area contributed by atoms with Gasteiger partial charge in [-0.05, 0) is 18.6 Å². The molecule has 3 nitrogen and oxygen atoms in total. The molecule has 1 N–H and O–H groups in total. The van der Waals surface area contributed by atoms with Crippen LogP contribution in [0.15, 0.2) is 48.7 Å². The van der Waals surface area contributed by atoms with Crippen molar-refractivity contribution >= 4 is 11.6 Å². The molecule has 0 saturated heterocycles. The van der Waals surface area contributed by atoms with Crippen molar-refractivity contribution in [2.45, 2.75) is 19.8 Å². The van der Waals surface area contributed by atoms with Crippen LogP contribution in [0.4, 0.5) is 5.82 Å². The fourth-order valence-corrected chi connectivity index (χ4v) is 1.86. The Labute approximate surface area is 113 Å². The molecule has 0 aliphatic heterocycles. The summed E-state index contributed by atoms with van der Waals surface area (Å²) in [6.07, 6.45) is 3.88. The van der Waals surface area contributed by atoms with Crippen molar-refractivity contribution in [3.63, 3.8) is 0 Å². The molecule has 1 heterocycles. The van der Waals surface area contributed by atoms with Crippen LogP contribution in [0.3, 0.4) is 0 Å². The van der Waals surface area contributed by atoms with Crippen molar-refractivity contribution < 1.29 is 4.79 Å². The van der Waals surface area contributed by atoms with E-state index < -0.39 is 0 Å². The minimum absolute atomic E-state index is 0.00713. The summed E-state index contributed by atoms with van der Waals surface area (Å²) in [7, 11) is 0. The summed E-state index contributed by atoms with van der Waals surface area (Å²) in [5.41, 5.74) is 1.32. The second-order valence-electron chi connectivity index (χ2n) is 4.38. The van der Waals surface area contributed by atoms with Crippen molar-refractivity contribution in [1.82, 2.24) is 4.98 Å². The van der Waals surface area contributed by atoms with Crippen molar-refractivity contribution in [3.05, 3.63) is 59.8 Å². The number of pyridine rings is 1. The van der Waals surface area contributed by atoms with Gasteiger partial charge in [-0.15, -0.1) is 0 Å². The normalized spacial score (nSPS) is 10.2. The van der Waals surface area contributed by atoms with Crippen LogP contribution < -0.4 is 5.32 Å². The van der Waals surface area contributed by atoms with Gasteiger partial charge in [-0.3, -0.25) is 4.79 Å². The molecule has 0 aliphatic carbocycles. The summed E-state index contributed by atoms with van der Waals surface area (Å²) in [5, 5.41) is 3.23. The summed E-state index contributed by atoms with van der Waals surface area (Å²) in [4.78, 5) is 16.7. The molecule has 0 radical (unpaired) electrons. The lowest BCUT2D eigenvalue weighted by Crippen LogP contribution is -2.10. The summed E-state index contributed by atoms with van der Waals surface area (Å²) >= 11 is 0. The van der Waals surface area contributed by atoms with Crippen LogP contribution in [0.5, 0.6) is 0 Å². The number of carbonyl (C=O) groups is 1. The number of ketones is 1. The molecule has 2 aromatic rings. The predicted molar refractivity (Wildman–Crippen MR) is 77.5 cm³/mol. The Morgan fingerprint density at radius 2 is 1.95 bits per heavy atom. The number of carbonyl (C=O) groups excluding carboxylic acids is 1. The van der Waals surface area contributed by atoms with Crippen molar-refractivity contribution in [2.75, 3.05) is 11.9 Å². The molecule has 19 heavy (non-hydrogen) atoms. The summed E-state index contributed by atoms with van der Waals surface area (Å²) in [6, 6.07) is 12.9. The van der Waals surface area contributed by atoms with Gasteiger partial charge in [0.15, 0.2) is 5.78 Å². The molecule has 0 spiro atoms. The number of hydrogen-bond acceptors (Lipinski definition) is 3. The quantitative estimate of drug-likeness (QED) is 0.633. The van der Waals surface area contributed by atoms with Crippen LogP contribution in [-0.4, -0.2) is 17.3 Å². The first kappa shape index (κ1) is 13.3. The van der Waals surface area contributed by atoms with Gasteiger partial charge in [0.1, 0.15) is 5.82 Å². The van der Waals surface area contributed by atoms with Crippen LogP contribution in [0.25, 0.3) is 0 Å². The average Bonchev–Trinajstić information content (AvgIpc) is 2.48. The Morgan fingerprint density at radius 3 is 2.68 bits per heavy atom. The first-order valence-corrected chi connectivity index (χ1v) is 6.61. The minimum Gasteiger partial charge on any atom is -0.369 e. The Balaban J connectivity index is 2.22. The number of rotatable bonds is 6. The second-order valence-corrected chi connectivity index (χ2v) is 4.38. The molecule has 0 saturated carbocycles. The predicted octanol–water partition coefficient (Wildman–Crippen LogP) is 3.52. The number of anilines is 1. The molecule has 98 valence electrons. The van der Waals surface area contributed by atoms with Gasteiger partial charge in [0.25, 0.3) is 0 Å². The van der Waals surface area contributed by atoms with E-state index in [1.807, 2.05) is 36.4 Å². The van der Waals surface area contributed by atoms with Crippen molar-refractivity contribution in [3.8, 4) is 0 Å². The third-order valence-electron chi connectivity index (χ3n) is 2.91. The maximum Gasteiger partial charge on any atom is 0.196 e. The van der Waals surface area contributed by atoms with E-state index in [2.05, 4.69) is 17.2 Å². The number of unbranched alkanes of at least 4 members (excludes halogenated alkanes) is 1. The fraction of sp³-hybridized carbons (Fsp3) is 0.250. The highest BCUT2D eigenvalue weighted by Gasteiger charge is 2.13. The smallest absolute Gasteiger partial charge is 0.196 e. The van der Waals surface area contributed by atoms with Crippen LogP contribution in [0, 0.1) is 0 Å². The molecule has 0 fully saturated rings. The lowest BCUT2D eigenvalue weighted by atomic mass is 10.0. The van der Waals surface area contributed by atoms with Crippen molar-refractivity contribution in [1.29, 1.82) is 0 Å². The van der Waals surface area contributed by atoms with E-state index >= 15 is 0 Å².